The quantitative estimate of drug-likeness (QED) is 0.639. The van der Waals surface area contributed by atoms with Crippen LogP contribution in [0.1, 0.15) is 26.6 Å². The maximum absolute atomic E-state index is 12.2. The van der Waals surface area contributed by atoms with Crippen LogP contribution >= 0.6 is 11.3 Å². The summed E-state index contributed by atoms with van der Waals surface area (Å²) in [6, 6.07) is 15.0. The Morgan fingerprint density at radius 1 is 1.07 bits per heavy atom. The predicted octanol–water partition coefficient (Wildman–Crippen LogP) is 4.01. The number of aromatic nitrogens is 1. The molecule has 1 N–H and O–H groups in total. The van der Waals surface area contributed by atoms with Crippen molar-refractivity contribution in [2.45, 2.75) is 20.0 Å². The molecule has 2 aromatic carbocycles. The Balaban J connectivity index is 1.45. The van der Waals surface area contributed by atoms with Crippen LogP contribution in [-0.4, -0.2) is 24.5 Å². The van der Waals surface area contributed by atoms with Crippen LogP contribution in [0.2, 0.25) is 0 Å². The van der Waals surface area contributed by atoms with E-state index in [1.165, 1.54) is 0 Å². The van der Waals surface area contributed by atoms with Crippen molar-refractivity contribution in [2.24, 2.45) is 0 Å². The molecule has 0 atom stereocenters. The summed E-state index contributed by atoms with van der Waals surface area (Å²) >= 11 is 1.58. The number of rotatable bonds is 8. The number of amides is 1. The molecule has 3 rings (SSSR count). The first kappa shape index (κ1) is 18.9. The van der Waals surface area contributed by atoms with Gasteiger partial charge in [-0.15, -0.1) is 11.3 Å². The summed E-state index contributed by atoms with van der Waals surface area (Å²) in [7, 11) is 1.64. The summed E-state index contributed by atoms with van der Waals surface area (Å²) in [5.41, 5.74) is 2.76. The molecule has 1 aromatic heterocycles. The third-order valence-corrected chi connectivity index (χ3v) is 4.94. The Kier molecular flexibility index (Phi) is 6.44. The van der Waals surface area contributed by atoms with Gasteiger partial charge in [-0.2, -0.15) is 0 Å². The molecule has 6 heteroatoms. The zero-order chi connectivity index (χ0) is 19.1. The maximum atomic E-state index is 12.2. The second kappa shape index (κ2) is 9.19. The van der Waals surface area contributed by atoms with Crippen LogP contribution in [0.3, 0.4) is 0 Å². The third kappa shape index (κ3) is 5.56. The van der Waals surface area contributed by atoms with Crippen LogP contribution in [-0.2, 0) is 13.0 Å². The Labute approximate surface area is 163 Å². The summed E-state index contributed by atoms with van der Waals surface area (Å²) in [5.74, 6) is 1.46. The highest BCUT2D eigenvalue weighted by Crippen LogP contribution is 2.16. The van der Waals surface area contributed by atoms with Gasteiger partial charge in [0.2, 0.25) is 0 Å². The highest BCUT2D eigenvalue weighted by molar-refractivity contribution is 7.09. The van der Waals surface area contributed by atoms with Crippen molar-refractivity contribution in [1.29, 1.82) is 0 Å². The number of benzene rings is 2. The van der Waals surface area contributed by atoms with Gasteiger partial charge in [-0.1, -0.05) is 12.1 Å². The number of hydrogen-bond donors (Lipinski definition) is 1. The van der Waals surface area contributed by atoms with E-state index in [0.29, 0.717) is 18.7 Å². The van der Waals surface area contributed by atoms with Crippen molar-refractivity contribution < 1.29 is 14.3 Å². The minimum absolute atomic E-state index is 0.0920. The number of methoxy groups -OCH3 is 1. The number of nitrogens with one attached hydrogen (secondary N) is 1. The van der Waals surface area contributed by atoms with Gasteiger partial charge >= 0.3 is 0 Å². The first-order valence-corrected chi connectivity index (χ1v) is 9.57. The lowest BCUT2D eigenvalue weighted by Crippen LogP contribution is -2.25. The normalized spacial score (nSPS) is 10.4. The SMILES string of the molecule is COc1ccc(CCNC(=O)c2ccc(OCc3nc(C)cs3)cc2)cc1. The topological polar surface area (TPSA) is 60.5 Å². The van der Waals surface area contributed by atoms with E-state index >= 15 is 0 Å². The van der Waals surface area contributed by atoms with Crippen LogP contribution in [0.5, 0.6) is 11.5 Å². The molecule has 0 saturated heterocycles. The number of thiazole rings is 1. The van der Waals surface area contributed by atoms with Crippen molar-refractivity contribution in [2.75, 3.05) is 13.7 Å². The van der Waals surface area contributed by atoms with Gasteiger partial charge in [0.15, 0.2) is 0 Å². The third-order valence-electron chi connectivity index (χ3n) is 4.00. The molecule has 3 aromatic rings. The highest BCUT2D eigenvalue weighted by Gasteiger charge is 2.06. The van der Waals surface area contributed by atoms with Crippen molar-refractivity contribution in [3.05, 3.63) is 75.7 Å². The molecule has 140 valence electrons. The van der Waals surface area contributed by atoms with Gasteiger partial charge < -0.3 is 14.8 Å². The van der Waals surface area contributed by atoms with Crippen LogP contribution in [0.25, 0.3) is 0 Å². The molecule has 0 aliphatic rings. The molecule has 5 nitrogen and oxygen atoms in total. The molecule has 0 aliphatic heterocycles. The number of nitrogens with zero attached hydrogens (tertiary/aromatic N) is 1. The molecule has 0 spiro atoms. The zero-order valence-electron chi connectivity index (χ0n) is 15.4. The van der Waals surface area contributed by atoms with Gasteiger partial charge in [0.1, 0.15) is 23.1 Å². The number of ether oxygens (including phenoxy) is 2. The summed E-state index contributed by atoms with van der Waals surface area (Å²) in [6.07, 6.45) is 0.768. The van der Waals surface area contributed by atoms with Crippen molar-refractivity contribution >= 4 is 17.2 Å². The first-order valence-electron chi connectivity index (χ1n) is 8.69. The van der Waals surface area contributed by atoms with Crippen molar-refractivity contribution in [3.63, 3.8) is 0 Å². The summed E-state index contributed by atoms with van der Waals surface area (Å²) in [6.45, 7) is 2.97. The van der Waals surface area contributed by atoms with Gasteiger partial charge in [-0.3, -0.25) is 4.79 Å². The molecular weight excluding hydrogens is 360 g/mol. The molecule has 0 radical (unpaired) electrons. The fourth-order valence-electron chi connectivity index (χ4n) is 2.53. The lowest BCUT2D eigenvalue weighted by atomic mass is 10.1. The first-order chi connectivity index (χ1) is 13.1. The Hall–Kier alpha value is -2.86. The lowest BCUT2D eigenvalue weighted by Gasteiger charge is -2.08. The second-order valence-electron chi connectivity index (χ2n) is 6.05. The van der Waals surface area contributed by atoms with E-state index in [9.17, 15) is 4.79 Å². The zero-order valence-corrected chi connectivity index (χ0v) is 16.2. The van der Waals surface area contributed by atoms with E-state index in [4.69, 9.17) is 9.47 Å². The predicted molar refractivity (Wildman–Crippen MR) is 107 cm³/mol. The summed E-state index contributed by atoms with van der Waals surface area (Å²) in [5, 5.41) is 5.87. The summed E-state index contributed by atoms with van der Waals surface area (Å²) in [4.78, 5) is 16.6. The largest absolute Gasteiger partial charge is 0.497 e. The van der Waals surface area contributed by atoms with Crippen molar-refractivity contribution in [3.8, 4) is 11.5 Å². The molecule has 0 unspecified atom stereocenters. The van der Waals surface area contributed by atoms with E-state index in [-0.39, 0.29) is 5.91 Å². The van der Waals surface area contributed by atoms with E-state index < -0.39 is 0 Å². The minimum atomic E-state index is -0.0920. The average Bonchev–Trinajstić information content (AvgIpc) is 3.12. The van der Waals surface area contributed by atoms with Crippen molar-refractivity contribution in [1.82, 2.24) is 10.3 Å². The van der Waals surface area contributed by atoms with Crippen LogP contribution in [0.15, 0.2) is 53.9 Å². The Morgan fingerprint density at radius 2 is 1.78 bits per heavy atom. The minimum Gasteiger partial charge on any atom is -0.497 e. The molecule has 1 amide bonds. The number of hydrogen-bond acceptors (Lipinski definition) is 5. The Bertz CT molecular complexity index is 873. The van der Waals surface area contributed by atoms with E-state index in [1.54, 1.807) is 42.7 Å². The monoisotopic (exact) mass is 382 g/mol. The van der Waals surface area contributed by atoms with Gasteiger partial charge in [0.05, 0.1) is 7.11 Å². The van der Waals surface area contributed by atoms with E-state index in [0.717, 1.165) is 34.2 Å². The Morgan fingerprint density at radius 3 is 2.41 bits per heavy atom. The molecule has 0 fully saturated rings. The number of aryl methyl sites for hydroxylation is 1. The van der Waals surface area contributed by atoms with E-state index in [1.807, 2.05) is 36.6 Å². The standard InChI is InChI=1S/C21H22N2O3S/c1-15-14-27-20(23-15)13-26-19-9-5-17(6-10-19)21(24)22-12-11-16-3-7-18(25-2)8-4-16/h3-10,14H,11-13H2,1-2H3,(H,22,24). The molecule has 0 aliphatic carbocycles. The van der Waals surface area contributed by atoms with Crippen LogP contribution < -0.4 is 14.8 Å². The number of carbonyl (C=O) groups excluding carboxylic acids is 1. The fraction of sp³-hybridized carbons (Fsp3) is 0.238. The molecule has 0 bridgehead atoms. The number of carbonyl (C=O) groups is 1. The van der Waals surface area contributed by atoms with Crippen LogP contribution in [0.4, 0.5) is 0 Å². The van der Waals surface area contributed by atoms with Gasteiger partial charge in [-0.25, -0.2) is 4.98 Å². The average molecular weight is 382 g/mol. The van der Waals surface area contributed by atoms with Gasteiger partial charge in [-0.05, 0) is 55.3 Å². The molecule has 1 heterocycles. The molecular formula is C21H22N2O3S. The maximum Gasteiger partial charge on any atom is 0.251 e. The van der Waals surface area contributed by atoms with E-state index in [2.05, 4.69) is 10.3 Å². The molecule has 0 saturated carbocycles. The fourth-order valence-corrected chi connectivity index (χ4v) is 3.21. The highest BCUT2D eigenvalue weighted by atomic mass is 32.1. The smallest absolute Gasteiger partial charge is 0.251 e. The van der Waals surface area contributed by atoms with Gasteiger partial charge in [0, 0.05) is 23.2 Å². The molecule has 27 heavy (non-hydrogen) atoms. The lowest BCUT2D eigenvalue weighted by molar-refractivity contribution is 0.0954. The summed E-state index contributed by atoms with van der Waals surface area (Å²) < 4.78 is 10.8. The van der Waals surface area contributed by atoms with Gasteiger partial charge in [0.25, 0.3) is 5.91 Å². The van der Waals surface area contributed by atoms with Crippen LogP contribution in [0, 0.1) is 6.92 Å². The second-order valence-corrected chi connectivity index (χ2v) is 6.99.